The van der Waals surface area contributed by atoms with Crippen LogP contribution < -0.4 is 5.32 Å². The van der Waals surface area contributed by atoms with Crippen LogP contribution in [0.15, 0.2) is 54.9 Å². The van der Waals surface area contributed by atoms with E-state index >= 15 is 0 Å². The highest BCUT2D eigenvalue weighted by molar-refractivity contribution is 7.91. The van der Waals surface area contributed by atoms with E-state index in [1.165, 1.54) is 0 Å². The Morgan fingerprint density at radius 1 is 1.00 bits per heavy atom. The summed E-state index contributed by atoms with van der Waals surface area (Å²) in [5.74, 6) is 0.378. The zero-order chi connectivity index (χ0) is 14.0. The number of rotatable bonds is 3. The van der Waals surface area contributed by atoms with Crippen molar-refractivity contribution in [2.24, 2.45) is 0 Å². The van der Waals surface area contributed by atoms with Crippen LogP contribution in [0.3, 0.4) is 0 Å². The fourth-order valence-electron chi connectivity index (χ4n) is 2.68. The second-order valence-electron chi connectivity index (χ2n) is 5.08. The maximum Gasteiger partial charge on any atom is 0.153 e. The summed E-state index contributed by atoms with van der Waals surface area (Å²) < 4.78 is 23.9. The Morgan fingerprint density at radius 2 is 1.70 bits per heavy atom. The van der Waals surface area contributed by atoms with Crippen LogP contribution >= 0.6 is 0 Å². The molecule has 0 spiro atoms. The Balaban J connectivity index is 1.88. The highest BCUT2D eigenvalue weighted by Gasteiger charge is 2.38. The van der Waals surface area contributed by atoms with E-state index in [1.54, 1.807) is 12.4 Å². The largest absolute Gasteiger partial charge is 0.381 e. The molecule has 2 heterocycles. The van der Waals surface area contributed by atoms with Gasteiger partial charge in [-0.25, -0.2) is 8.42 Å². The zero-order valence-electron chi connectivity index (χ0n) is 10.9. The number of hydrogen-bond donors (Lipinski definition) is 1. The normalized spacial score (nSPS) is 24.4. The lowest BCUT2D eigenvalue weighted by Gasteiger charge is -2.20. The van der Waals surface area contributed by atoms with Crippen molar-refractivity contribution in [3.8, 4) is 0 Å². The zero-order valence-corrected chi connectivity index (χ0v) is 11.8. The van der Waals surface area contributed by atoms with Crippen LogP contribution in [0.1, 0.15) is 11.5 Å². The first kappa shape index (κ1) is 13.1. The Hall–Kier alpha value is -1.88. The molecule has 1 aliphatic heterocycles. The van der Waals surface area contributed by atoms with Crippen molar-refractivity contribution < 1.29 is 8.42 Å². The Kier molecular flexibility index (Phi) is 3.44. The minimum Gasteiger partial charge on any atom is -0.381 e. The number of nitrogens with one attached hydrogen (secondary N) is 1. The van der Waals surface area contributed by atoms with Gasteiger partial charge in [-0.2, -0.15) is 0 Å². The molecule has 20 heavy (non-hydrogen) atoms. The average Bonchev–Trinajstić information content (AvgIpc) is 2.76. The monoisotopic (exact) mass is 288 g/mol. The molecule has 1 fully saturated rings. The van der Waals surface area contributed by atoms with Crippen LogP contribution in [0.4, 0.5) is 5.69 Å². The Morgan fingerprint density at radius 3 is 2.40 bits per heavy atom. The standard InChI is InChI=1S/C15H16N2O2S/c18-20(19)10-14(12-4-2-1-3-5-12)15(11-20)17-13-6-8-16-9-7-13/h1-9,14-15H,10-11H2,(H,16,17). The number of sulfone groups is 1. The molecule has 2 atom stereocenters. The number of nitrogens with zero attached hydrogens (tertiary/aromatic N) is 1. The van der Waals surface area contributed by atoms with E-state index in [0.29, 0.717) is 0 Å². The van der Waals surface area contributed by atoms with Gasteiger partial charge in [0.25, 0.3) is 0 Å². The first-order valence-corrected chi connectivity index (χ1v) is 8.38. The van der Waals surface area contributed by atoms with Gasteiger partial charge in [0.05, 0.1) is 11.5 Å². The van der Waals surface area contributed by atoms with E-state index in [2.05, 4.69) is 10.3 Å². The molecule has 2 aromatic rings. The lowest BCUT2D eigenvalue weighted by atomic mass is 9.94. The van der Waals surface area contributed by atoms with Gasteiger partial charge in [0.1, 0.15) is 0 Å². The molecule has 1 aromatic carbocycles. The van der Waals surface area contributed by atoms with Gasteiger partial charge in [-0.05, 0) is 17.7 Å². The molecular formula is C15H16N2O2S. The molecule has 0 radical (unpaired) electrons. The topological polar surface area (TPSA) is 59.1 Å². The van der Waals surface area contributed by atoms with Gasteiger partial charge >= 0.3 is 0 Å². The minimum atomic E-state index is -2.99. The summed E-state index contributed by atoms with van der Waals surface area (Å²) in [5, 5.41) is 3.33. The van der Waals surface area contributed by atoms with Gasteiger partial charge in [-0.1, -0.05) is 30.3 Å². The second kappa shape index (κ2) is 5.25. The van der Waals surface area contributed by atoms with E-state index < -0.39 is 9.84 Å². The van der Waals surface area contributed by atoms with E-state index in [-0.39, 0.29) is 23.5 Å². The molecule has 0 aliphatic carbocycles. The summed E-state index contributed by atoms with van der Waals surface area (Å²) in [6, 6.07) is 13.4. The highest BCUT2D eigenvalue weighted by atomic mass is 32.2. The summed E-state index contributed by atoms with van der Waals surface area (Å²) in [4.78, 5) is 3.97. The van der Waals surface area contributed by atoms with Crippen molar-refractivity contribution in [2.45, 2.75) is 12.0 Å². The van der Waals surface area contributed by atoms with Gasteiger partial charge in [-0.15, -0.1) is 0 Å². The predicted molar refractivity (Wildman–Crippen MR) is 79.5 cm³/mol. The van der Waals surface area contributed by atoms with E-state index in [1.807, 2.05) is 42.5 Å². The van der Waals surface area contributed by atoms with Gasteiger partial charge in [0.2, 0.25) is 0 Å². The van der Waals surface area contributed by atoms with Crippen LogP contribution in [0.5, 0.6) is 0 Å². The summed E-state index contributed by atoms with van der Waals surface area (Å²) in [5.41, 5.74) is 1.98. The number of hydrogen-bond acceptors (Lipinski definition) is 4. The fourth-order valence-corrected chi connectivity index (χ4v) is 4.65. The second-order valence-corrected chi connectivity index (χ2v) is 7.23. The Bertz CT molecular complexity index is 672. The van der Waals surface area contributed by atoms with Crippen molar-refractivity contribution in [3.05, 3.63) is 60.4 Å². The number of benzene rings is 1. The third kappa shape index (κ3) is 2.82. The van der Waals surface area contributed by atoms with Crippen LogP contribution in [-0.2, 0) is 9.84 Å². The number of pyridine rings is 1. The fraction of sp³-hybridized carbons (Fsp3) is 0.267. The molecule has 0 bridgehead atoms. The number of aromatic nitrogens is 1. The van der Waals surface area contributed by atoms with E-state index in [4.69, 9.17) is 0 Å². The van der Waals surface area contributed by atoms with Crippen molar-refractivity contribution in [1.29, 1.82) is 0 Å². The SMILES string of the molecule is O=S1(=O)CC(Nc2ccncc2)C(c2ccccc2)C1. The minimum absolute atomic E-state index is 0.00522. The lowest BCUT2D eigenvalue weighted by molar-refractivity contribution is 0.601. The van der Waals surface area contributed by atoms with Crippen molar-refractivity contribution >= 4 is 15.5 Å². The maximum absolute atomic E-state index is 12.0. The number of anilines is 1. The molecule has 0 amide bonds. The predicted octanol–water partition coefficient (Wildman–Crippen LogP) is 2.07. The summed E-state index contributed by atoms with van der Waals surface area (Å²) in [6.07, 6.45) is 3.40. The summed E-state index contributed by atoms with van der Waals surface area (Å²) in [7, 11) is -2.99. The first-order chi connectivity index (χ1) is 9.64. The van der Waals surface area contributed by atoms with Crippen LogP contribution in [0.25, 0.3) is 0 Å². The van der Waals surface area contributed by atoms with E-state index in [0.717, 1.165) is 11.3 Å². The lowest BCUT2D eigenvalue weighted by Crippen LogP contribution is -2.26. The molecular weight excluding hydrogens is 272 g/mol. The molecule has 4 nitrogen and oxygen atoms in total. The van der Waals surface area contributed by atoms with Crippen LogP contribution in [0, 0.1) is 0 Å². The third-order valence-corrected chi connectivity index (χ3v) is 5.35. The van der Waals surface area contributed by atoms with Gasteiger partial charge in [-0.3, -0.25) is 4.98 Å². The summed E-state index contributed by atoms with van der Waals surface area (Å²) in [6.45, 7) is 0. The van der Waals surface area contributed by atoms with Gasteiger partial charge in [0.15, 0.2) is 9.84 Å². The smallest absolute Gasteiger partial charge is 0.153 e. The molecule has 2 unspecified atom stereocenters. The van der Waals surface area contributed by atoms with E-state index in [9.17, 15) is 8.42 Å². The third-order valence-electron chi connectivity index (χ3n) is 3.61. The van der Waals surface area contributed by atoms with Crippen LogP contribution in [-0.4, -0.2) is 30.9 Å². The molecule has 1 saturated heterocycles. The van der Waals surface area contributed by atoms with Crippen molar-refractivity contribution in [2.75, 3.05) is 16.8 Å². The van der Waals surface area contributed by atoms with Crippen molar-refractivity contribution in [1.82, 2.24) is 4.98 Å². The quantitative estimate of drug-likeness (QED) is 0.939. The van der Waals surface area contributed by atoms with Crippen LogP contribution in [0.2, 0.25) is 0 Å². The molecule has 3 rings (SSSR count). The molecule has 1 aliphatic rings. The molecule has 0 saturated carbocycles. The van der Waals surface area contributed by atoms with Gasteiger partial charge < -0.3 is 5.32 Å². The average molecular weight is 288 g/mol. The molecule has 1 N–H and O–H groups in total. The van der Waals surface area contributed by atoms with Gasteiger partial charge in [0, 0.05) is 30.0 Å². The van der Waals surface area contributed by atoms with Crippen molar-refractivity contribution in [3.63, 3.8) is 0 Å². The highest BCUT2D eigenvalue weighted by Crippen LogP contribution is 2.31. The molecule has 104 valence electrons. The molecule has 5 heteroatoms. The molecule has 1 aromatic heterocycles. The first-order valence-electron chi connectivity index (χ1n) is 6.56. The maximum atomic E-state index is 12.0. The summed E-state index contributed by atoms with van der Waals surface area (Å²) >= 11 is 0. The Labute approximate surface area is 118 Å².